The molecule has 0 saturated carbocycles. The lowest BCUT2D eigenvalue weighted by molar-refractivity contribution is -0.138. The molecule has 0 aromatic rings. The van der Waals surface area contributed by atoms with Crippen LogP contribution in [0.15, 0.2) is 0 Å². The molecule has 3 nitrogen and oxygen atoms in total. The Morgan fingerprint density at radius 1 is 1.73 bits per heavy atom. The van der Waals surface area contributed by atoms with E-state index in [1.54, 1.807) is 0 Å². The third-order valence-corrected chi connectivity index (χ3v) is 6.49. The molecule has 1 atom stereocenters. The van der Waals surface area contributed by atoms with Gasteiger partial charge in [-0.1, -0.05) is 13.1 Å². The molecule has 0 heterocycles. The lowest BCUT2D eigenvalue weighted by Gasteiger charge is -2.21. The predicted octanol–water partition coefficient (Wildman–Crippen LogP) is 0.576. The van der Waals surface area contributed by atoms with Crippen LogP contribution < -0.4 is 5.73 Å². The maximum absolute atomic E-state index is 10.4. The van der Waals surface area contributed by atoms with Crippen LogP contribution in [0.3, 0.4) is 0 Å². The highest BCUT2D eigenvalue weighted by molar-refractivity contribution is 7.82. The first kappa shape index (κ1) is 11.0. The van der Waals surface area contributed by atoms with Crippen LogP contribution in [0.2, 0.25) is 19.1 Å². The highest BCUT2D eigenvalue weighted by atomic mass is 32.1. The normalized spacial score (nSPS) is 14.5. The lowest BCUT2D eigenvalue weighted by atomic mass is 10.4. The number of hydrogen-bond acceptors (Lipinski definition) is 3. The maximum atomic E-state index is 10.4. The van der Waals surface area contributed by atoms with Crippen molar-refractivity contribution in [1.29, 1.82) is 0 Å². The first-order valence-electron chi connectivity index (χ1n) is 3.48. The average molecular weight is 193 g/mol. The van der Waals surface area contributed by atoms with Gasteiger partial charge in [0.25, 0.3) is 0 Å². The van der Waals surface area contributed by atoms with Crippen molar-refractivity contribution in [3.05, 3.63) is 0 Å². The van der Waals surface area contributed by atoms with E-state index in [0.29, 0.717) is 6.04 Å². The third-order valence-electron chi connectivity index (χ3n) is 1.52. The van der Waals surface area contributed by atoms with Gasteiger partial charge in [0.05, 0.1) is 8.07 Å². The van der Waals surface area contributed by atoms with E-state index in [2.05, 4.69) is 25.7 Å². The van der Waals surface area contributed by atoms with E-state index >= 15 is 0 Å². The fourth-order valence-corrected chi connectivity index (χ4v) is 2.63. The highest BCUT2D eigenvalue weighted by Crippen LogP contribution is 2.12. The van der Waals surface area contributed by atoms with Crippen LogP contribution in [0.25, 0.3) is 0 Å². The van der Waals surface area contributed by atoms with Gasteiger partial charge >= 0.3 is 5.97 Å². The number of hydrogen-bond donors (Lipinski definition) is 3. The van der Waals surface area contributed by atoms with E-state index in [9.17, 15) is 4.79 Å². The van der Waals surface area contributed by atoms with Gasteiger partial charge in [0.1, 0.15) is 6.04 Å². The first-order chi connectivity index (χ1) is 4.89. The molecule has 0 aliphatic heterocycles. The summed E-state index contributed by atoms with van der Waals surface area (Å²) in [5.74, 6) is -0.910. The number of carboxylic acid groups (broad SMARTS) is 1. The van der Waals surface area contributed by atoms with Gasteiger partial charge in [-0.3, -0.25) is 4.79 Å². The predicted molar refractivity (Wildman–Crippen MR) is 51.8 cm³/mol. The van der Waals surface area contributed by atoms with Gasteiger partial charge in [-0.05, 0) is 11.4 Å². The maximum Gasteiger partial charge on any atom is 0.320 e. The summed E-state index contributed by atoms with van der Waals surface area (Å²) in [4.78, 5) is 10.4. The minimum absolute atomic E-state index is 0.603. The summed E-state index contributed by atoms with van der Waals surface area (Å²) < 4.78 is 0. The van der Waals surface area contributed by atoms with Crippen molar-refractivity contribution in [1.82, 2.24) is 0 Å². The Bertz CT molecular complexity index is 152. The molecular weight excluding hydrogens is 178 g/mol. The Hall–Kier alpha value is -0.00312. The molecule has 1 unspecified atom stereocenters. The van der Waals surface area contributed by atoms with Crippen molar-refractivity contribution >= 4 is 26.7 Å². The van der Waals surface area contributed by atoms with Crippen LogP contribution in [0.4, 0.5) is 0 Å². The summed E-state index contributed by atoms with van der Waals surface area (Å²) in [5.41, 5.74) is 5.38. The number of carboxylic acids is 1. The Balaban J connectivity index is 3.93. The van der Waals surface area contributed by atoms with E-state index in [4.69, 9.17) is 10.8 Å². The molecule has 66 valence electrons. The zero-order valence-corrected chi connectivity index (χ0v) is 8.77. The second-order valence-corrected chi connectivity index (χ2v) is 9.47. The molecule has 0 saturated heterocycles. The smallest absolute Gasteiger partial charge is 0.320 e. The molecule has 0 radical (unpaired) electrons. The summed E-state index contributed by atoms with van der Waals surface area (Å²) in [7, 11) is -1.44. The van der Waals surface area contributed by atoms with Crippen LogP contribution in [0, 0.1) is 0 Å². The van der Waals surface area contributed by atoms with Gasteiger partial charge < -0.3 is 10.8 Å². The Morgan fingerprint density at radius 2 is 2.18 bits per heavy atom. The Morgan fingerprint density at radius 3 is 2.45 bits per heavy atom. The number of nitrogens with two attached hydrogens (primary N) is 1. The summed E-state index contributed by atoms with van der Waals surface area (Å²) in [5, 5.41) is 9.30. The molecule has 0 aliphatic rings. The van der Waals surface area contributed by atoms with E-state index in [1.165, 1.54) is 0 Å². The molecule has 0 fully saturated rings. The molecule has 0 amide bonds. The summed E-state index contributed by atoms with van der Waals surface area (Å²) >= 11 is 4.16. The van der Waals surface area contributed by atoms with E-state index in [0.717, 1.165) is 5.38 Å². The van der Waals surface area contributed by atoms with E-state index in [-0.39, 0.29) is 0 Å². The van der Waals surface area contributed by atoms with Crippen LogP contribution in [-0.4, -0.2) is 30.6 Å². The lowest BCUT2D eigenvalue weighted by Crippen LogP contribution is -2.41. The van der Waals surface area contributed by atoms with Gasteiger partial charge in [0.2, 0.25) is 0 Å². The monoisotopic (exact) mass is 193 g/mol. The van der Waals surface area contributed by atoms with Gasteiger partial charge in [-0.25, -0.2) is 0 Å². The number of aliphatic carboxylic acids is 1. The number of carbonyl (C=O) groups is 1. The minimum Gasteiger partial charge on any atom is -0.480 e. The fraction of sp³-hybridized carbons (Fsp3) is 0.833. The second kappa shape index (κ2) is 4.13. The third kappa shape index (κ3) is 4.44. The molecule has 0 aromatic carbocycles. The van der Waals surface area contributed by atoms with E-state index in [1.807, 2.05) is 0 Å². The van der Waals surface area contributed by atoms with Crippen LogP contribution in [0.5, 0.6) is 0 Å². The van der Waals surface area contributed by atoms with Crippen molar-refractivity contribution in [2.45, 2.75) is 25.2 Å². The van der Waals surface area contributed by atoms with Crippen molar-refractivity contribution in [3.8, 4) is 0 Å². The van der Waals surface area contributed by atoms with Crippen molar-refractivity contribution in [2.24, 2.45) is 5.73 Å². The highest BCUT2D eigenvalue weighted by Gasteiger charge is 2.25. The van der Waals surface area contributed by atoms with Gasteiger partial charge in [0.15, 0.2) is 0 Å². The van der Waals surface area contributed by atoms with Gasteiger partial charge in [0, 0.05) is 0 Å². The fourth-order valence-electron chi connectivity index (χ4n) is 0.747. The van der Waals surface area contributed by atoms with Crippen molar-refractivity contribution in [3.63, 3.8) is 0 Å². The molecule has 0 aliphatic carbocycles. The Labute approximate surface area is 73.4 Å². The molecule has 0 spiro atoms. The largest absolute Gasteiger partial charge is 0.480 e. The SMILES string of the molecule is C[Si](C)(CS)CC(N)C(=O)O. The summed E-state index contributed by atoms with van der Waals surface area (Å²) in [6, 6.07) is -0.102. The molecule has 3 N–H and O–H groups in total. The molecular formula is C6H15NO2SSi. The van der Waals surface area contributed by atoms with Gasteiger partial charge in [-0.15, -0.1) is 0 Å². The van der Waals surface area contributed by atoms with Crippen LogP contribution in [-0.2, 0) is 4.79 Å². The van der Waals surface area contributed by atoms with Gasteiger partial charge in [-0.2, -0.15) is 12.6 Å². The van der Waals surface area contributed by atoms with E-state index < -0.39 is 20.1 Å². The van der Waals surface area contributed by atoms with Crippen LogP contribution >= 0.6 is 12.6 Å². The average Bonchev–Trinajstić information content (AvgIpc) is 1.87. The zero-order chi connectivity index (χ0) is 9.07. The summed E-state index contributed by atoms with van der Waals surface area (Å²) in [6.07, 6.45) is 0. The Kier molecular flexibility index (Phi) is 4.13. The second-order valence-electron chi connectivity index (χ2n) is 3.47. The molecule has 5 heteroatoms. The number of rotatable bonds is 4. The van der Waals surface area contributed by atoms with Crippen molar-refractivity contribution in [2.75, 3.05) is 5.38 Å². The van der Waals surface area contributed by atoms with Crippen molar-refractivity contribution < 1.29 is 9.90 Å². The molecule has 0 bridgehead atoms. The first-order valence-corrected chi connectivity index (χ1v) is 7.53. The van der Waals surface area contributed by atoms with Crippen LogP contribution in [0.1, 0.15) is 0 Å². The standard InChI is InChI=1S/C6H15NO2SSi/c1-11(2,4-10)3-5(7)6(8)9/h5,10H,3-4,7H2,1-2H3,(H,8,9). The quantitative estimate of drug-likeness (QED) is 0.452. The zero-order valence-electron chi connectivity index (χ0n) is 6.87. The molecule has 11 heavy (non-hydrogen) atoms. The minimum atomic E-state index is -1.44. The summed E-state index contributed by atoms with van der Waals surface area (Å²) in [6.45, 7) is 4.17. The number of thiol groups is 1. The topological polar surface area (TPSA) is 63.3 Å². The molecule has 0 aromatic heterocycles. The molecule has 0 rings (SSSR count).